The van der Waals surface area contributed by atoms with E-state index in [0.29, 0.717) is 37.6 Å². The smallest absolute Gasteiger partial charge is 0.337 e. The lowest BCUT2D eigenvalue weighted by molar-refractivity contribution is -0.135. The highest BCUT2D eigenvalue weighted by atomic mass is 32.2. The summed E-state index contributed by atoms with van der Waals surface area (Å²) >= 11 is 1.42. The van der Waals surface area contributed by atoms with Crippen LogP contribution < -0.4 is 5.32 Å². The van der Waals surface area contributed by atoms with Crippen LogP contribution in [0.4, 0.5) is 5.69 Å². The van der Waals surface area contributed by atoms with Crippen LogP contribution in [-0.2, 0) is 25.6 Å². The minimum absolute atomic E-state index is 0.0590. The number of aromatic nitrogens is 1. The van der Waals surface area contributed by atoms with Gasteiger partial charge in [-0.25, -0.2) is 4.79 Å². The first kappa shape index (κ1) is 22.9. The molecule has 1 aliphatic rings. The van der Waals surface area contributed by atoms with E-state index in [1.165, 1.54) is 18.9 Å². The molecule has 33 heavy (non-hydrogen) atoms. The molecule has 0 atom stereocenters. The average molecular weight is 468 g/mol. The van der Waals surface area contributed by atoms with Crippen molar-refractivity contribution in [2.24, 2.45) is 0 Å². The first-order valence-corrected chi connectivity index (χ1v) is 11.6. The zero-order chi connectivity index (χ0) is 23.2. The van der Waals surface area contributed by atoms with E-state index in [-0.39, 0.29) is 24.1 Å². The molecule has 1 fully saturated rings. The summed E-state index contributed by atoms with van der Waals surface area (Å²) in [6, 6.07) is 14.4. The van der Waals surface area contributed by atoms with Gasteiger partial charge in [0.05, 0.1) is 31.6 Å². The molecule has 2 amide bonds. The molecule has 0 saturated carbocycles. The Bertz CT molecular complexity index is 1150. The SMILES string of the molecule is COC(=O)c1ccc(NC(=O)CSc2cn(CC(=O)N3CCOCC3)c3ccccc23)cc1. The van der Waals surface area contributed by atoms with E-state index in [9.17, 15) is 14.4 Å². The number of hydrogen-bond acceptors (Lipinski definition) is 6. The maximum atomic E-state index is 12.7. The van der Waals surface area contributed by atoms with Gasteiger partial charge < -0.3 is 24.3 Å². The summed E-state index contributed by atoms with van der Waals surface area (Å²) in [6.45, 7) is 2.61. The number of thioether (sulfide) groups is 1. The van der Waals surface area contributed by atoms with Gasteiger partial charge >= 0.3 is 5.97 Å². The van der Waals surface area contributed by atoms with Crippen molar-refractivity contribution in [3.63, 3.8) is 0 Å². The molecule has 3 aromatic rings. The molecule has 0 spiro atoms. The molecule has 1 aliphatic heterocycles. The lowest BCUT2D eigenvalue weighted by Crippen LogP contribution is -2.42. The summed E-state index contributed by atoms with van der Waals surface area (Å²) in [6.07, 6.45) is 1.94. The van der Waals surface area contributed by atoms with Gasteiger partial charge in [0, 0.05) is 40.8 Å². The van der Waals surface area contributed by atoms with Gasteiger partial charge in [-0.3, -0.25) is 9.59 Å². The third kappa shape index (κ3) is 5.55. The summed E-state index contributed by atoms with van der Waals surface area (Å²) in [4.78, 5) is 39.5. The highest BCUT2D eigenvalue weighted by molar-refractivity contribution is 8.00. The molecule has 8 nitrogen and oxygen atoms in total. The van der Waals surface area contributed by atoms with E-state index in [0.717, 1.165) is 15.8 Å². The van der Waals surface area contributed by atoms with E-state index in [1.54, 1.807) is 24.3 Å². The Hall–Kier alpha value is -3.30. The van der Waals surface area contributed by atoms with Gasteiger partial charge in [-0.2, -0.15) is 0 Å². The van der Waals surface area contributed by atoms with E-state index >= 15 is 0 Å². The van der Waals surface area contributed by atoms with Gasteiger partial charge in [-0.15, -0.1) is 11.8 Å². The van der Waals surface area contributed by atoms with Crippen LogP contribution in [0.2, 0.25) is 0 Å². The molecule has 2 aromatic carbocycles. The molecule has 4 rings (SSSR count). The molecule has 1 N–H and O–H groups in total. The number of methoxy groups -OCH3 is 1. The number of fused-ring (bicyclic) bond motifs is 1. The fourth-order valence-corrected chi connectivity index (χ4v) is 4.55. The molecule has 9 heteroatoms. The van der Waals surface area contributed by atoms with Crippen molar-refractivity contribution < 1.29 is 23.9 Å². The quantitative estimate of drug-likeness (QED) is 0.424. The molecule has 1 saturated heterocycles. The number of carbonyl (C=O) groups excluding carboxylic acids is 3. The minimum Gasteiger partial charge on any atom is -0.465 e. The Morgan fingerprint density at radius 3 is 2.52 bits per heavy atom. The molecular weight excluding hydrogens is 442 g/mol. The van der Waals surface area contributed by atoms with Crippen molar-refractivity contribution in [2.45, 2.75) is 11.4 Å². The normalized spacial score (nSPS) is 13.7. The number of nitrogens with zero attached hydrogens (tertiary/aromatic N) is 2. The summed E-state index contributed by atoms with van der Waals surface area (Å²) < 4.78 is 12.0. The molecule has 172 valence electrons. The lowest BCUT2D eigenvalue weighted by Gasteiger charge is -2.27. The van der Waals surface area contributed by atoms with Crippen molar-refractivity contribution in [3.8, 4) is 0 Å². The number of amides is 2. The topological polar surface area (TPSA) is 89.9 Å². The first-order chi connectivity index (χ1) is 16.0. The van der Waals surface area contributed by atoms with Gasteiger partial charge in [0.1, 0.15) is 6.54 Å². The highest BCUT2D eigenvalue weighted by Crippen LogP contribution is 2.30. The van der Waals surface area contributed by atoms with Crippen molar-refractivity contribution in [1.29, 1.82) is 0 Å². The summed E-state index contributed by atoms with van der Waals surface area (Å²) in [5, 5.41) is 3.84. The van der Waals surface area contributed by atoms with Crippen LogP contribution in [0.1, 0.15) is 10.4 Å². The largest absolute Gasteiger partial charge is 0.465 e. The third-order valence-electron chi connectivity index (χ3n) is 5.37. The fourth-order valence-electron chi connectivity index (χ4n) is 3.67. The molecule has 0 bridgehead atoms. The fraction of sp³-hybridized carbons (Fsp3) is 0.292. The van der Waals surface area contributed by atoms with Crippen LogP contribution in [0.5, 0.6) is 0 Å². The Labute approximate surface area is 195 Å². The van der Waals surface area contributed by atoms with Crippen molar-refractivity contribution >= 4 is 46.1 Å². The van der Waals surface area contributed by atoms with Crippen LogP contribution in [-0.4, -0.2) is 66.4 Å². The Morgan fingerprint density at radius 1 is 1.06 bits per heavy atom. The highest BCUT2D eigenvalue weighted by Gasteiger charge is 2.19. The van der Waals surface area contributed by atoms with E-state index in [4.69, 9.17) is 4.74 Å². The zero-order valence-corrected chi connectivity index (χ0v) is 19.1. The maximum Gasteiger partial charge on any atom is 0.337 e. The molecular formula is C24H25N3O5S. The third-order valence-corrected chi connectivity index (χ3v) is 6.41. The first-order valence-electron chi connectivity index (χ1n) is 10.6. The predicted octanol–water partition coefficient (Wildman–Crippen LogP) is 3.02. The second-order valence-corrected chi connectivity index (χ2v) is 8.55. The number of para-hydroxylation sites is 1. The molecule has 0 unspecified atom stereocenters. The van der Waals surface area contributed by atoms with Gasteiger partial charge in [-0.1, -0.05) is 18.2 Å². The number of anilines is 1. The van der Waals surface area contributed by atoms with Crippen LogP contribution >= 0.6 is 11.8 Å². The number of ether oxygens (including phenoxy) is 2. The van der Waals surface area contributed by atoms with Crippen LogP contribution in [0.3, 0.4) is 0 Å². The monoisotopic (exact) mass is 467 g/mol. The summed E-state index contributed by atoms with van der Waals surface area (Å²) in [5.74, 6) is -0.313. The van der Waals surface area contributed by atoms with E-state index in [2.05, 4.69) is 10.1 Å². The van der Waals surface area contributed by atoms with E-state index in [1.807, 2.05) is 39.9 Å². The standard InChI is InChI=1S/C24H25N3O5S/c1-31-24(30)17-6-8-18(9-7-17)25-22(28)16-33-21-14-27(20-5-3-2-4-19(20)21)15-23(29)26-10-12-32-13-11-26/h2-9,14H,10-13,15-16H2,1H3,(H,25,28). The van der Waals surface area contributed by atoms with Gasteiger partial charge in [0.2, 0.25) is 11.8 Å². The summed E-state index contributed by atoms with van der Waals surface area (Å²) in [7, 11) is 1.32. The van der Waals surface area contributed by atoms with Crippen molar-refractivity contribution in [3.05, 3.63) is 60.3 Å². The maximum absolute atomic E-state index is 12.7. The van der Waals surface area contributed by atoms with Gasteiger partial charge in [0.25, 0.3) is 0 Å². The number of hydrogen-bond donors (Lipinski definition) is 1. The second-order valence-electron chi connectivity index (χ2n) is 7.54. The number of carbonyl (C=O) groups is 3. The molecule has 0 radical (unpaired) electrons. The Balaban J connectivity index is 1.40. The van der Waals surface area contributed by atoms with Crippen LogP contribution in [0.25, 0.3) is 10.9 Å². The summed E-state index contributed by atoms with van der Waals surface area (Å²) in [5.41, 5.74) is 1.98. The van der Waals surface area contributed by atoms with Crippen LogP contribution in [0.15, 0.2) is 59.6 Å². The van der Waals surface area contributed by atoms with Crippen molar-refractivity contribution in [1.82, 2.24) is 9.47 Å². The second kappa shape index (κ2) is 10.5. The Kier molecular flexibility index (Phi) is 7.31. The lowest BCUT2D eigenvalue weighted by atomic mass is 10.2. The number of benzene rings is 2. The zero-order valence-electron chi connectivity index (χ0n) is 18.3. The number of esters is 1. The van der Waals surface area contributed by atoms with Crippen LogP contribution in [0, 0.1) is 0 Å². The molecule has 2 heterocycles. The number of morpholine rings is 1. The number of nitrogens with one attached hydrogen (secondary N) is 1. The predicted molar refractivity (Wildman–Crippen MR) is 126 cm³/mol. The van der Waals surface area contributed by atoms with E-state index < -0.39 is 5.97 Å². The van der Waals surface area contributed by atoms with Gasteiger partial charge in [-0.05, 0) is 30.3 Å². The molecule has 0 aliphatic carbocycles. The molecule has 1 aromatic heterocycles. The minimum atomic E-state index is -0.424. The average Bonchev–Trinajstić information content (AvgIpc) is 3.20. The number of rotatable bonds is 7. The van der Waals surface area contributed by atoms with Crippen molar-refractivity contribution in [2.75, 3.05) is 44.5 Å². The Morgan fingerprint density at radius 2 is 1.79 bits per heavy atom. The van der Waals surface area contributed by atoms with Gasteiger partial charge in [0.15, 0.2) is 0 Å².